The molecule has 0 saturated heterocycles. The Kier molecular flexibility index (Phi) is 5.69. The van der Waals surface area contributed by atoms with Gasteiger partial charge in [0, 0.05) is 5.02 Å². The van der Waals surface area contributed by atoms with E-state index in [0.717, 1.165) is 6.07 Å². The van der Waals surface area contributed by atoms with Gasteiger partial charge >= 0.3 is 6.18 Å². The van der Waals surface area contributed by atoms with Gasteiger partial charge in [0.15, 0.2) is 0 Å². The summed E-state index contributed by atoms with van der Waals surface area (Å²) in [6.45, 7) is 0. The quantitative estimate of drug-likeness (QED) is 0.751. The first kappa shape index (κ1) is 16.1. The standard InChI is InChI=1S/C8H5Cl3F3N.ClH/c9-3-1-4(6(11)5(10)2-3)7(15)8(12,13)14;/h1-2,7H,15H2;1H/t7-;/m1./s1. The Labute approximate surface area is 111 Å². The highest BCUT2D eigenvalue weighted by Gasteiger charge is 2.39. The molecule has 92 valence electrons. The summed E-state index contributed by atoms with van der Waals surface area (Å²) >= 11 is 16.7. The molecule has 0 saturated carbocycles. The fourth-order valence-corrected chi connectivity index (χ4v) is 1.71. The molecule has 1 nitrogen and oxygen atoms in total. The zero-order chi connectivity index (χ0) is 11.8. The number of alkyl halides is 3. The zero-order valence-electron chi connectivity index (χ0n) is 7.49. The first-order valence-electron chi connectivity index (χ1n) is 3.70. The summed E-state index contributed by atoms with van der Waals surface area (Å²) in [5.41, 5.74) is 4.65. The normalized spacial score (nSPS) is 13.2. The third-order valence-corrected chi connectivity index (χ3v) is 2.74. The van der Waals surface area contributed by atoms with Gasteiger partial charge in [0.2, 0.25) is 0 Å². The third kappa shape index (κ3) is 3.57. The predicted octanol–water partition coefficient (Wildman–Crippen LogP) is 4.63. The number of benzene rings is 1. The molecule has 0 heterocycles. The van der Waals surface area contributed by atoms with Crippen molar-refractivity contribution in [3.8, 4) is 0 Å². The molecule has 0 radical (unpaired) electrons. The summed E-state index contributed by atoms with van der Waals surface area (Å²) in [5, 5.41) is -0.233. The van der Waals surface area contributed by atoms with E-state index in [9.17, 15) is 13.2 Å². The monoisotopic (exact) mass is 313 g/mol. The van der Waals surface area contributed by atoms with Gasteiger partial charge in [-0.3, -0.25) is 0 Å². The summed E-state index contributed by atoms with van der Waals surface area (Å²) < 4.78 is 36.9. The lowest BCUT2D eigenvalue weighted by Gasteiger charge is -2.17. The molecule has 0 fully saturated rings. The van der Waals surface area contributed by atoms with Gasteiger partial charge in [0.05, 0.1) is 10.0 Å². The van der Waals surface area contributed by atoms with Gasteiger partial charge in [-0.15, -0.1) is 12.4 Å². The second-order valence-corrected chi connectivity index (χ2v) is 4.03. The van der Waals surface area contributed by atoms with Crippen LogP contribution in [0.25, 0.3) is 0 Å². The molecule has 0 amide bonds. The molecule has 2 N–H and O–H groups in total. The molecular weight excluding hydrogens is 309 g/mol. The molecular formula is C8H6Cl4F3N. The minimum absolute atomic E-state index is 0. The Hall–Kier alpha value is 0.130. The maximum absolute atomic E-state index is 12.3. The summed E-state index contributed by atoms with van der Waals surface area (Å²) in [7, 11) is 0. The third-order valence-electron chi connectivity index (χ3n) is 1.71. The van der Waals surface area contributed by atoms with Crippen molar-refractivity contribution in [3.63, 3.8) is 0 Å². The van der Waals surface area contributed by atoms with Crippen molar-refractivity contribution in [2.24, 2.45) is 5.73 Å². The van der Waals surface area contributed by atoms with Crippen LogP contribution in [0.2, 0.25) is 15.1 Å². The Morgan fingerprint density at radius 1 is 1.12 bits per heavy atom. The van der Waals surface area contributed by atoms with Gasteiger partial charge in [-0.2, -0.15) is 13.2 Å². The highest BCUT2D eigenvalue weighted by atomic mass is 35.5. The predicted molar refractivity (Wildman–Crippen MR) is 61.7 cm³/mol. The number of nitrogens with two attached hydrogens (primary N) is 1. The fraction of sp³-hybridized carbons (Fsp3) is 0.250. The summed E-state index contributed by atoms with van der Waals surface area (Å²) in [6.07, 6.45) is -4.59. The van der Waals surface area contributed by atoms with Gasteiger partial charge < -0.3 is 5.73 Å². The van der Waals surface area contributed by atoms with E-state index in [0.29, 0.717) is 0 Å². The van der Waals surface area contributed by atoms with Gasteiger partial charge in [-0.25, -0.2) is 0 Å². The van der Waals surface area contributed by atoms with Crippen molar-refractivity contribution >= 4 is 47.2 Å². The molecule has 0 aromatic heterocycles. The number of halogens is 7. The SMILES string of the molecule is Cl.N[C@H](c1cc(Cl)cc(Cl)c1Cl)C(F)(F)F. The first-order chi connectivity index (χ1) is 6.73. The number of rotatable bonds is 1. The van der Waals surface area contributed by atoms with Crippen LogP contribution in [0.5, 0.6) is 0 Å². The molecule has 1 aromatic carbocycles. The average Bonchev–Trinajstić information content (AvgIpc) is 2.08. The lowest BCUT2D eigenvalue weighted by atomic mass is 10.1. The van der Waals surface area contributed by atoms with E-state index in [-0.39, 0.29) is 33.0 Å². The molecule has 1 aromatic rings. The molecule has 0 bridgehead atoms. The molecule has 0 spiro atoms. The topological polar surface area (TPSA) is 26.0 Å². The lowest BCUT2D eigenvalue weighted by molar-refractivity contribution is -0.149. The summed E-state index contributed by atoms with van der Waals surface area (Å²) in [4.78, 5) is 0. The van der Waals surface area contributed by atoms with Crippen LogP contribution in [0.1, 0.15) is 11.6 Å². The van der Waals surface area contributed by atoms with E-state index < -0.39 is 12.2 Å². The van der Waals surface area contributed by atoms with E-state index in [1.165, 1.54) is 6.07 Å². The second-order valence-electron chi connectivity index (χ2n) is 2.81. The summed E-state index contributed by atoms with van der Waals surface area (Å²) in [5.74, 6) is 0. The van der Waals surface area contributed by atoms with E-state index in [4.69, 9.17) is 40.5 Å². The van der Waals surface area contributed by atoms with Crippen LogP contribution in [0.15, 0.2) is 12.1 Å². The summed E-state index contributed by atoms with van der Waals surface area (Å²) in [6, 6.07) is 0.104. The fourth-order valence-electron chi connectivity index (χ4n) is 0.979. The lowest BCUT2D eigenvalue weighted by Crippen LogP contribution is -2.28. The van der Waals surface area contributed by atoms with Crippen molar-refractivity contribution in [3.05, 3.63) is 32.8 Å². The van der Waals surface area contributed by atoms with Crippen LogP contribution in [0.3, 0.4) is 0 Å². The van der Waals surface area contributed by atoms with Crippen LogP contribution < -0.4 is 5.73 Å². The molecule has 0 aliphatic rings. The van der Waals surface area contributed by atoms with E-state index in [2.05, 4.69) is 0 Å². The maximum atomic E-state index is 12.3. The van der Waals surface area contributed by atoms with Crippen molar-refractivity contribution in [1.29, 1.82) is 0 Å². The molecule has 0 aliphatic carbocycles. The van der Waals surface area contributed by atoms with Gasteiger partial charge in [-0.05, 0) is 17.7 Å². The molecule has 0 unspecified atom stereocenters. The van der Waals surface area contributed by atoms with Crippen LogP contribution in [0, 0.1) is 0 Å². The van der Waals surface area contributed by atoms with Crippen molar-refractivity contribution in [2.75, 3.05) is 0 Å². The van der Waals surface area contributed by atoms with Crippen molar-refractivity contribution < 1.29 is 13.2 Å². The highest BCUT2D eigenvalue weighted by Crippen LogP contribution is 2.38. The second kappa shape index (κ2) is 5.65. The molecule has 1 atom stereocenters. The van der Waals surface area contributed by atoms with Crippen LogP contribution in [-0.4, -0.2) is 6.18 Å². The van der Waals surface area contributed by atoms with Crippen molar-refractivity contribution in [2.45, 2.75) is 12.2 Å². The Bertz CT molecular complexity index is 380. The van der Waals surface area contributed by atoms with Crippen LogP contribution in [0.4, 0.5) is 13.2 Å². The number of hydrogen-bond acceptors (Lipinski definition) is 1. The van der Waals surface area contributed by atoms with E-state index in [1.54, 1.807) is 0 Å². The maximum Gasteiger partial charge on any atom is 0.407 e. The smallest absolute Gasteiger partial charge is 0.316 e. The largest absolute Gasteiger partial charge is 0.407 e. The van der Waals surface area contributed by atoms with Gasteiger partial charge in [0.1, 0.15) is 6.04 Å². The molecule has 1 rings (SSSR count). The zero-order valence-corrected chi connectivity index (χ0v) is 10.6. The minimum atomic E-state index is -4.59. The van der Waals surface area contributed by atoms with Gasteiger partial charge in [0.25, 0.3) is 0 Å². The van der Waals surface area contributed by atoms with Crippen LogP contribution >= 0.6 is 47.2 Å². The number of hydrogen-bond donors (Lipinski definition) is 1. The Morgan fingerprint density at radius 3 is 2.06 bits per heavy atom. The van der Waals surface area contributed by atoms with E-state index in [1.807, 2.05) is 0 Å². The highest BCUT2D eigenvalue weighted by molar-refractivity contribution is 6.43. The Balaban J connectivity index is 0.00000225. The van der Waals surface area contributed by atoms with E-state index >= 15 is 0 Å². The molecule has 0 aliphatic heterocycles. The van der Waals surface area contributed by atoms with Gasteiger partial charge in [-0.1, -0.05) is 34.8 Å². The van der Waals surface area contributed by atoms with Crippen LogP contribution in [-0.2, 0) is 0 Å². The molecule has 16 heavy (non-hydrogen) atoms. The first-order valence-corrected chi connectivity index (χ1v) is 4.83. The Morgan fingerprint density at radius 2 is 1.62 bits per heavy atom. The minimum Gasteiger partial charge on any atom is -0.316 e. The van der Waals surface area contributed by atoms with Crippen molar-refractivity contribution in [1.82, 2.24) is 0 Å². The molecule has 8 heteroatoms. The average molecular weight is 315 g/mol.